The average Bonchev–Trinajstić information content (AvgIpc) is 2.61. The Balaban J connectivity index is 2.34. The minimum absolute atomic E-state index is 0.0292. The fourth-order valence-electron chi connectivity index (χ4n) is 2.20. The summed E-state index contributed by atoms with van der Waals surface area (Å²) in [5.41, 5.74) is -3.12. The van der Waals surface area contributed by atoms with E-state index in [1.54, 1.807) is 0 Å². The highest BCUT2D eigenvalue weighted by Gasteiger charge is 2.55. The number of hydrogen-bond donors (Lipinski definition) is 3. The number of rotatable bonds is 3. The van der Waals surface area contributed by atoms with E-state index in [0.29, 0.717) is 0 Å². The first-order valence-corrected chi connectivity index (χ1v) is 6.27. The normalized spacial score (nSPS) is 32.1. The highest BCUT2D eigenvalue weighted by Crippen LogP contribution is 2.40. The third kappa shape index (κ3) is 2.80. The molecule has 1 amide bonds. The zero-order chi connectivity index (χ0) is 15.8. The number of nitrogens with zero attached hydrogens (tertiary/aromatic N) is 2. The summed E-state index contributed by atoms with van der Waals surface area (Å²) < 4.78 is 20.6. The van der Waals surface area contributed by atoms with Crippen LogP contribution in [0, 0.1) is 0 Å². The van der Waals surface area contributed by atoms with E-state index in [-0.39, 0.29) is 5.82 Å². The van der Waals surface area contributed by atoms with Crippen LogP contribution in [0.15, 0.2) is 17.1 Å². The number of alkyl halides is 1. The van der Waals surface area contributed by atoms with Gasteiger partial charge in [-0.05, 0) is 13.0 Å². The van der Waals surface area contributed by atoms with Gasteiger partial charge in [-0.3, -0.25) is 9.36 Å². The van der Waals surface area contributed by atoms with Gasteiger partial charge in [0.25, 0.3) is 0 Å². The molecule has 0 aliphatic carbocycles. The van der Waals surface area contributed by atoms with Crippen LogP contribution in [0.1, 0.15) is 20.1 Å². The first-order valence-electron chi connectivity index (χ1n) is 6.27. The summed E-state index contributed by atoms with van der Waals surface area (Å²) in [6, 6.07) is 1.31. The van der Waals surface area contributed by atoms with Crippen LogP contribution in [-0.4, -0.2) is 50.2 Å². The number of amides is 1. The minimum Gasteiger partial charge on any atom is -0.394 e. The summed E-state index contributed by atoms with van der Waals surface area (Å²) in [7, 11) is 0. The fraction of sp³-hybridized carbons (Fsp3) is 0.583. The lowest BCUT2D eigenvalue weighted by Crippen LogP contribution is -2.42. The predicted octanol–water partition coefficient (Wildman–Crippen LogP) is -0.820. The number of hydrogen-bond acceptors (Lipinski definition) is 6. The predicted molar refractivity (Wildman–Crippen MR) is 69.3 cm³/mol. The minimum atomic E-state index is -2.27. The van der Waals surface area contributed by atoms with Crippen LogP contribution in [0.2, 0.25) is 0 Å². The molecular formula is C12H16FN3O5. The Morgan fingerprint density at radius 1 is 1.67 bits per heavy atom. The molecule has 3 N–H and O–H groups in total. The molecule has 8 nitrogen and oxygen atoms in total. The van der Waals surface area contributed by atoms with E-state index in [2.05, 4.69) is 10.3 Å². The molecule has 0 unspecified atom stereocenters. The van der Waals surface area contributed by atoms with Crippen molar-refractivity contribution in [2.24, 2.45) is 0 Å². The van der Waals surface area contributed by atoms with Crippen molar-refractivity contribution in [2.45, 2.75) is 38.0 Å². The van der Waals surface area contributed by atoms with Gasteiger partial charge in [0.2, 0.25) is 5.91 Å². The Kier molecular flexibility index (Phi) is 4.08. The van der Waals surface area contributed by atoms with Gasteiger partial charge in [-0.15, -0.1) is 0 Å². The van der Waals surface area contributed by atoms with E-state index in [0.717, 1.165) is 11.5 Å². The maximum atomic E-state index is 14.5. The van der Waals surface area contributed by atoms with Gasteiger partial charge >= 0.3 is 5.69 Å². The largest absolute Gasteiger partial charge is 0.394 e. The fourth-order valence-corrected chi connectivity index (χ4v) is 2.20. The Hall–Kier alpha value is -1.84. The lowest BCUT2D eigenvalue weighted by molar-refractivity contribution is -0.114. The van der Waals surface area contributed by atoms with Crippen molar-refractivity contribution < 1.29 is 24.1 Å². The van der Waals surface area contributed by atoms with E-state index < -0.39 is 42.3 Å². The Morgan fingerprint density at radius 3 is 2.81 bits per heavy atom. The van der Waals surface area contributed by atoms with Crippen LogP contribution in [0.25, 0.3) is 0 Å². The highest BCUT2D eigenvalue weighted by molar-refractivity contribution is 5.87. The number of aromatic nitrogens is 2. The molecule has 9 heteroatoms. The van der Waals surface area contributed by atoms with Crippen molar-refractivity contribution >= 4 is 11.7 Å². The molecule has 21 heavy (non-hydrogen) atoms. The number of anilines is 1. The van der Waals surface area contributed by atoms with E-state index in [1.165, 1.54) is 19.2 Å². The van der Waals surface area contributed by atoms with Crippen LogP contribution in [0.5, 0.6) is 0 Å². The Bertz CT molecular complexity index is 603. The highest BCUT2D eigenvalue weighted by atomic mass is 19.1. The summed E-state index contributed by atoms with van der Waals surface area (Å²) >= 11 is 0. The molecule has 1 fully saturated rings. The van der Waals surface area contributed by atoms with Crippen LogP contribution in [0.3, 0.4) is 0 Å². The van der Waals surface area contributed by atoms with Crippen molar-refractivity contribution in [3.8, 4) is 0 Å². The molecule has 0 radical (unpaired) electrons. The van der Waals surface area contributed by atoms with Gasteiger partial charge in [0, 0.05) is 13.1 Å². The average molecular weight is 301 g/mol. The standard InChI is InChI=1S/C12H16FN3O5/c1-6(18)14-8-3-4-16(11(20)15-8)10-12(2,13)9(19)7(5-17)21-10/h3-4,7,9-10,17,19H,5H2,1-2H3,(H,14,15,18,20)/t7-,9-,10-,12-/m1/s1. The molecule has 0 spiro atoms. The lowest BCUT2D eigenvalue weighted by atomic mass is 9.98. The van der Waals surface area contributed by atoms with Crippen LogP contribution < -0.4 is 11.0 Å². The number of carbonyl (C=O) groups excluding carboxylic acids is 1. The molecule has 1 aliphatic rings. The van der Waals surface area contributed by atoms with Gasteiger partial charge in [-0.25, -0.2) is 9.18 Å². The van der Waals surface area contributed by atoms with Gasteiger partial charge in [-0.2, -0.15) is 4.98 Å². The SMILES string of the molecule is CC(=O)Nc1ccn([C@@H]2O[C@H](CO)[C@@H](O)[C@@]2(C)F)c(=O)n1. The van der Waals surface area contributed by atoms with E-state index in [9.17, 15) is 19.1 Å². The van der Waals surface area contributed by atoms with Crippen molar-refractivity contribution in [1.29, 1.82) is 0 Å². The third-order valence-electron chi connectivity index (χ3n) is 3.28. The van der Waals surface area contributed by atoms with Crippen LogP contribution in [-0.2, 0) is 9.53 Å². The zero-order valence-corrected chi connectivity index (χ0v) is 11.5. The molecule has 1 aromatic rings. The summed E-state index contributed by atoms with van der Waals surface area (Å²) in [6.07, 6.45) is -2.92. The third-order valence-corrected chi connectivity index (χ3v) is 3.28. The van der Waals surface area contributed by atoms with Gasteiger partial charge in [0.1, 0.15) is 18.0 Å². The van der Waals surface area contributed by atoms with Crippen molar-refractivity contribution in [1.82, 2.24) is 9.55 Å². The van der Waals surface area contributed by atoms with E-state index in [4.69, 9.17) is 9.84 Å². The second-order valence-electron chi connectivity index (χ2n) is 4.99. The van der Waals surface area contributed by atoms with Gasteiger partial charge in [-0.1, -0.05) is 0 Å². The number of nitrogens with one attached hydrogen (secondary N) is 1. The van der Waals surface area contributed by atoms with Gasteiger partial charge in [0.15, 0.2) is 11.9 Å². The molecule has 116 valence electrons. The summed E-state index contributed by atoms with van der Waals surface area (Å²) in [6.45, 7) is 1.75. The lowest BCUT2D eigenvalue weighted by Gasteiger charge is -2.24. The molecule has 4 atom stereocenters. The summed E-state index contributed by atoms with van der Waals surface area (Å²) in [5, 5.41) is 21.1. The van der Waals surface area contributed by atoms with Crippen molar-refractivity contribution in [2.75, 3.05) is 11.9 Å². The molecule has 0 aromatic carbocycles. The zero-order valence-electron chi connectivity index (χ0n) is 11.5. The topological polar surface area (TPSA) is 114 Å². The number of aliphatic hydroxyl groups excluding tert-OH is 2. The second-order valence-corrected chi connectivity index (χ2v) is 4.99. The molecule has 1 aliphatic heterocycles. The maximum Gasteiger partial charge on any atom is 0.351 e. The first-order chi connectivity index (χ1) is 9.77. The Morgan fingerprint density at radius 2 is 2.33 bits per heavy atom. The second kappa shape index (κ2) is 5.51. The van der Waals surface area contributed by atoms with Crippen LogP contribution >= 0.6 is 0 Å². The smallest absolute Gasteiger partial charge is 0.351 e. The first kappa shape index (κ1) is 15.5. The quantitative estimate of drug-likeness (QED) is 0.672. The molecular weight excluding hydrogens is 285 g/mol. The monoisotopic (exact) mass is 301 g/mol. The van der Waals surface area contributed by atoms with Crippen molar-refractivity contribution in [3.05, 3.63) is 22.7 Å². The summed E-state index contributed by atoms with van der Waals surface area (Å²) in [5.74, 6) is -0.371. The molecule has 0 saturated carbocycles. The Labute approximate surface area is 119 Å². The summed E-state index contributed by atoms with van der Waals surface area (Å²) in [4.78, 5) is 26.4. The number of aliphatic hydroxyl groups is 2. The van der Waals surface area contributed by atoms with E-state index >= 15 is 0 Å². The molecule has 2 heterocycles. The van der Waals surface area contributed by atoms with E-state index in [1.807, 2.05) is 0 Å². The molecule has 1 aromatic heterocycles. The number of carbonyl (C=O) groups is 1. The number of ether oxygens (including phenoxy) is 1. The number of halogens is 1. The molecule has 1 saturated heterocycles. The van der Waals surface area contributed by atoms with Crippen molar-refractivity contribution in [3.63, 3.8) is 0 Å². The van der Waals surface area contributed by atoms with Gasteiger partial charge < -0.3 is 20.3 Å². The molecule has 0 bridgehead atoms. The van der Waals surface area contributed by atoms with Crippen LogP contribution in [0.4, 0.5) is 10.2 Å². The molecule has 2 rings (SSSR count). The van der Waals surface area contributed by atoms with Gasteiger partial charge in [0.05, 0.1) is 6.61 Å². The maximum absolute atomic E-state index is 14.5.